The van der Waals surface area contributed by atoms with Crippen LogP contribution in [-0.2, 0) is 4.79 Å². The smallest absolute Gasteiger partial charge is 0.221 e. The van der Waals surface area contributed by atoms with Crippen LogP contribution in [0, 0.1) is 0 Å². The fraction of sp³-hybridized carbons (Fsp3) is 0.385. The molecule has 0 bridgehead atoms. The third kappa shape index (κ3) is 5.87. The van der Waals surface area contributed by atoms with Crippen LogP contribution in [0.2, 0.25) is 0 Å². The molecule has 0 radical (unpaired) electrons. The van der Waals surface area contributed by atoms with Gasteiger partial charge in [0.15, 0.2) is 0 Å². The molecule has 6 nitrogen and oxygen atoms in total. The minimum atomic E-state index is -0.106. The van der Waals surface area contributed by atoms with Gasteiger partial charge in [-0.2, -0.15) is 0 Å². The summed E-state index contributed by atoms with van der Waals surface area (Å²) in [6.07, 6.45) is 2.10. The van der Waals surface area contributed by atoms with Gasteiger partial charge in [0.1, 0.15) is 0 Å². The van der Waals surface area contributed by atoms with Crippen molar-refractivity contribution in [3.05, 3.63) is 24.3 Å². The quantitative estimate of drug-likeness (QED) is 0.214. The number of carbonyl (C=O) groups excluding carboxylic acids is 1. The predicted octanol–water partition coefficient (Wildman–Crippen LogP) is 1.68. The molecule has 0 saturated heterocycles. The van der Waals surface area contributed by atoms with Crippen LogP contribution < -0.4 is 21.9 Å². The number of nitrogens with zero attached hydrogens (tertiary/aromatic N) is 1. The monoisotopic (exact) mass is 263 g/mol. The zero-order valence-corrected chi connectivity index (χ0v) is 11.4. The summed E-state index contributed by atoms with van der Waals surface area (Å²) >= 11 is 0. The van der Waals surface area contributed by atoms with Crippen molar-refractivity contribution in [2.75, 3.05) is 17.2 Å². The number of anilines is 2. The Hall–Kier alpha value is -2.08. The summed E-state index contributed by atoms with van der Waals surface area (Å²) < 4.78 is 0. The van der Waals surface area contributed by atoms with E-state index in [9.17, 15) is 4.79 Å². The van der Waals surface area contributed by atoms with Crippen molar-refractivity contribution in [3.8, 4) is 0 Å². The largest absolute Gasteiger partial charge is 0.326 e. The molecule has 19 heavy (non-hydrogen) atoms. The van der Waals surface area contributed by atoms with Crippen molar-refractivity contribution in [1.82, 2.24) is 5.43 Å². The van der Waals surface area contributed by atoms with Crippen LogP contribution in [0.4, 0.5) is 11.4 Å². The second-order valence-corrected chi connectivity index (χ2v) is 4.12. The molecule has 0 saturated carbocycles. The van der Waals surface area contributed by atoms with Gasteiger partial charge in [0, 0.05) is 24.8 Å². The van der Waals surface area contributed by atoms with E-state index in [1.54, 1.807) is 0 Å². The van der Waals surface area contributed by atoms with Crippen LogP contribution in [0.25, 0.3) is 0 Å². The third-order valence-electron chi connectivity index (χ3n) is 2.36. The second-order valence-electron chi connectivity index (χ2n) is 4.12. The molecule has 104 valence electrons. The molecule has 0 aromatic heterocycles. The Morgan fingerprint density at radius 2 is 2.00 bits per heavy atom. The van der Waals surface area contributed by atoms with E-state index < -0.39 is 0 Å². The van der Waals surface area contributed by atoms with Gasteiger partial charge in [-0.3, -0.25) is 15.2 Å². The first-order chi connectivity index (χ1) is 9.15. The molecule has 1 aromatic rings. The third-order valence-corrected chi connectivity index (χ3v) is 2.36. The topological polar surface area (TPSA) is 91.5 Å². The van der Waals surface area contributed by atoms with Gasteiger partial charge in [-0.15, -0.1) is 0 Å². The summed E-state index contributed by atoms with van der Waals surface area (Å²) in [5, 5.41) is 5.78. The average Bonchev–Trinajstić information content (AvgIpc) is 2.37. The number of hydrogen-bond donors (Lipinski definition) is 4. The SMILES string of the molecule is CCCCN=C(NN)Nc1cccc(NC(C)=O)c1. The molecular formula is C13H21N5O. The number of benzene rings is 1. The molecule has 0 atom stereocenters. The maximum absolute atomic E-state index is 11.0. The van der Waals surface area contributed by atoms with E-state index >= 15 is 0 Å². The number of unbranched alkanes of at least 4 members (excludes halogenated alkanes) is 1. The Kier molecular flexibility index (Phi) is 6.38. The molecule has 0 unspecified atom stereocenters. The Balaban J connectivity index is 2.68. The number of nitrogens with two attached hydrogens (primary N) is 1. The number of hydrazine groups is 1. The maximum atomic E-state index is 11.0. The molecule has 1 amide bonds. The van der Waals surface area contributed by atoms with E-state index in [0.717, 1.165) is 24.2 Å². The van der Waals surface area contributed by atoms with Gasteiger partial charge in [0.05, 0.1) is 0 Å². The summed E-state index contributed by atoms with van der Waals surface area (Å²) in [7, 11) is 0. The van der Waals surface area contributed by atoms with Crippen LogP contribution in [-0.4, -0.2) is 18.4 Å². The van der Waals surface area contributed by atoms with Crippen molar-refractivity contribution in [1.29, 1.82) is 0 Å². The number of guanidine groups is 1. The van der Waals surface area contributed by atoms with E-state index in [-0.39, 0.29) is 5.91 Å². The highest BCUT2D eigenvalue weighted by molar-refractivity contribution is 5.94. The summed E-state index contributed by atoms with van der Waals surface area (Å²) in [4.78, 5) is 15.3. The zero-order valence-electron chi connectivity index (χ0n) is 11.4. The number of carbonyl (C=O) groups is 1. The van der Waals surface area contributed by atoms with Crippen LogP contribution in [0.5, 0.6) is 0 Å². The van der Waals surface area contributed by atoms with Crippen LogP contribution in [0.15, 0.2) is 29.3 Å². The first kappa shape index (κ1) is 15.0. The molecule has 1 aromatic carbocycles. The van der Waals surface area contributed by atoms with Crippen molar-refractivity contribution in [3.63, 3.8) is 0 Å². The van der Waals surface area contributed by atoms with Gasteiger partial charge in [-0.05, 0) is 24.6 Å². The second kappa shape index (κ2) is 8.10. The van der Waals surface area contributed by atoms with Gasteiger partial charge in [0.25, 0.3) is 0 Å². The normalized spacial score (nSPS) is 11.0. The van der Waals surface area contributed by atoms with Crippen LogP contribution in [0.3, 0.4) is 0 Å². The van der Waals surface area contributed by atoms with Gasteiger partial charge in [-0.25, -0.2) is 5.84 Å². The lowest BCUT2D eigenvalue weighted by molar-refractivity contribution is -0.114. The fourth-order valence-electron chi connectivity index (χ4n) is 1.48. The highest BCUT2D eigenvalue weighted by Gasteiger charge is 2.00. The standard InChI is InChI=1S/C13H21N5O/c1-3-4-8-15-13(18-14)17-12-7-5-6-11(9-12)16-10(2)19/h5-7,9H,3-4,8,14H2,1-2H3,(H,16,19)(H2,15,17,18). The first-order valence-electron chi connectivity index (χ1n) is 6.31. The molecule has 1 rings (SSSR count). The number of aliphatic imine (C=N–C) groups is 1. The zero-order chi connectivity index (χ0) is 14.1. The number of nitrogens with one attached hydrogen (secondary N) is 3. The first-order valence-corrected chi connectivity index (χ1v) is 6.31. The lowest BCUT2D eigenvalue weighted by atomic mass is 10.2. The molecule has 0 aliphatic heterocycles. The molecule has 5 N–H and O–H groups in total. The van der Waals surface area contributed by atoms with E-state index in [1.165, 1.54) is 6.92 Å². The van der Waals surface area contributed by atoms with E-state index in [2.05, 4.69) is 28.0 Å². The van der Waals surface area contributed by atoms with Crippen molar-refractivity contribution in [2.45, 2.75) is 26.7 Å². The van der Waals surface area contributed by atoms with E-state index in [0.29, 0.717) is 12.5 Å². The van der Waals surface area contributed by atoms with E-state index in [4.69, 9.17) is 5.84 Å². The molecule has 0 fully saturated rings. The van der Waals surface area contributed by atoms with Crippen molar-refractivity contribution in [2.24, 2.45) is 10.8 Å². The summed E-state index contributed by atoms with van der Waals surface area (Å²) in [6.45, 7) is 4.29. The minimum Gasteiger partial charge on any atom is -0.326 e. The van der Waals surface area contributed by atoms with Crippen LogP contribution in [0.1, 0.15) is 26.7 Å². The molecular weight excluding hydrogens is 242 g/mol. The fourth-order valence-corrected chi connectivity index (χ4v) is 1.48. The molecule has 0 heterocycles. The lowest BCUT2D eigenvalue weighted by Crippen LogP contribution is -2.36. The minimum absolute atomic E-state index is 0.106. The molecule has 6 heteroatoms. The summed E-state index contributed by atoms with van der Waals surface area (Å²) in [5.41, 5.74) is 4.05. The molecule has 0 aliphatic carbocycles. The van der Waals surface area contributed by atoms with Crippen LogP contribution >= 0.6 is 0 Å². The summed E-state index contributed by atoms with van der Waals surface area (Å²) in [6, 6.07) is 7.34. The highest BCUT2D eigenvalue weighted by atomic mass is 16.1. The van der Waals surface area contributed by atoms with E-state index in [1.807, 2.05) is 24.3 Å². The number of rotatable bonds is 5. The number of amides is 1. The maximum Gasteiger partial charge on any atom is 0.221 e. The predicted molar refractivity (Wildman–Crippen MR) is 78.9 cm³/mol. The summed E-state index contributed by atoms with van der Waals surface area (Å²) in [5.74, 6) is 5.81. The van der Waals surface area contributed by atoms with Crippen molar-refractivity contribution < 1.29 is 4.79 Å². The Labute approximate surface area is 113 Å². The molecule has 0 aliphatic rings. The Morgan fingerprint density at radius 1 is 1.32 bits per heavy atom. The number of hydrogen-bond acceptors (Lipinski definition) is 3. The van der Waals surface area contributed by atoms with Gasteiger partial charge in [0.2, 0.25) is 11.9 Å². The Bertz CT molecular complexity index is 444. The lowest BCUT2D eigenvalue weighted by Gasteiger charge is -2.10. The van der Waals surface area contributed by atoms with Crippen molar-refractivity contribution >= 4 is 23.2 Å². The average molecular weight is 263 g/mol. The van der Waals surface area contributed by atoms with Gasteiger partial charge in [-0.1, -0.05) is 19.4 Å². The van der Waals surface area contributed by atoms with Gasteiger partial charge >= 0.3 is 0 Å². The highest BCUT2D eigenvalue weighted by Crippen LogP contribution is 2.14. The van der Waals surface area contributed by atoms with Gasteiger partial charge < -0.3 is 10.6 Å². The Morgan fingerprint density at radius 3 is 2.58 bits per heavy atom. The molecule has 0 spiro atoms.